The van der Waals surface area contributed by atoms with E-state index < -0.39 is 75.9 Å². The number of hydrogen-bond donors (Lipinski definition) is 3. The number of amides is 1. The Kier molecular flexibility index (Phi) is 5.41. The topological polar surface area (TPSA) is 158 Å². The number of hydrogen-bond acceptors (Lipinski definition) is 9. The number of halogens is 1. The summed E-state index contributed by atoms with van der Waals surface area (Å²) in [7, 11) is 6.07. The molecule has 10 nitrogen and oxygen atoms in total. The van der Waals surface area contributed by atoms with Crippen LogP contribution in [0, 0.1) is 29.5 Å². The molecule has 0 aliphatic heterocycles. The first-order valence-electron chi connectivity index (χ1n) is 10.8. The van der Waals surface area contributed by atoms with Crippen LogP contribution in [0.1, 0.15) is 22.3 Å². The summed E-state index contributed by atoms with van der Waals surface area (Å²) in [5, 5.41) is 22.2. The molecule has 0 heterocycles. The maximum absolute atomic E-state index is 15.0. The average Bonchev–Trinajstić information content (AvgIpc) is 2.72. The number of Topliss-reactive ketones (excluding diaryl/α,β-unsaturated/α-hetero) is 4. The zero-order valence-corrected chi connectivity index (χ0v) is 19.2. The molecule has 2 fully saturated rings. The van der Waals surface area contributed by atoms with E-state index in [0.29, 0.717) is 0 Å². The van der Waals surface area contributed by atoms with Gasteiger partial charge in [0.25, 0.3) is 0 Å². The summed E-state index contributed by atoms with van der Waals surface area (Å²) in [6, 6.07) is -0.104. The minimum atomic E-state index is -2.80. The molecule has 4 N–H and O–H groups in total. The third kappa shape index (κ3) is 2.96. The van der Waals surface area contributed by atoms with Crippen LogP contribution in [0.25, 0.3) is 0 Å². The molecule has 2 unspecified atom stereocenters. The molecule has 3 aliphatic rings. The van der Waals surface area contributed by atoms with Crippen molar-refractivity contribution in [2.75, 3.05) is 33.1 Å². The molecule has 1 aromatic carbocycles. The van der Waals surface area contributed by atoms with E-state index in [0.717, 1.165) is 6.07 Å². The molecule has 182 valence electrons. The summed E-state index contributed by atoms with van der Waals surface area (Å²) >= 11 is 0. The van der Waals surface area contributed by atoms with Gasteiger partial charge in [0.05, 0.1) is 23.2 Å². The molecule has 2 saturated carbocycles. The molecule has 1 aromatic rings. The van der Waals surface area contributed by atoms with Gasteiger partial charge in [0.2, 0.25) is 5.91 Å². The summed E-state index contributed by atoms with van der Waals surface area (Å²) in [6.07, 6.45) is -0.238. The Bertz CT molecular complexity index is 1160. The number of fused-ring (bicyclic) bond motifs is 3. The number of aromatic hydroxyl groups is 1. The fourth-order valence-electron chi connectivity index (χ4n) is 5.95. The monoisotopic (exact) mass is 475 g/mol. The van der Waals surface area contributed by atoms with Crippen LogP contribution in [0.5, 0.6) is 5.75 Å². The van der Waals surface area contributed by atoms with Crippen molar-refractivity contribution < 1.29 is 38.6 Å². The van der Waals surface area contributed by atoms with Crippen LogP contribution in [-0.4, -0.2) is 84.0 Å². The SMILES string of the molecule is CN(C)c1cc(F)c2c(c1O)C(=O)C1C(=O)[C@]3(O)C(=O)C(C(N)=O)C(=O)[C@@H](N(C)C)[C@@H]3C[C@@H]1C2. The zero-order chi connectivity index (χ0) is 25.4. The standard InChI is InChI=1S/C23H26FN3O7/c1-26(2)12-7-11(24)9-5-8-6-10-16(27(3)4)19(30)15(22(25)33)21(32)23(10,34)20(31)13(8)18(29)14(9)17(12)28/h7-8,10,13,15-16,28,34H,5-6H2,1-4H3,(H2,25,33)/t8-,10-,13?,15?,16-,23-/m0/s1. The molecule has 0 bridgehead atoms. The van der Waals surface area contributed by atoms with Crippen LogP contribution < -0.4 is 10.6 Å². The number of carbonyl (C=O) groups is 5. The first kappa shape index (κ1) is 24.0. The number of rotatable bonds is 3. The van der Waals surface area contributed by atoms with E-state index in [1.807, 2.05) is 0 Å². The maximum atomic E-state index is 15.0. The van der Waals surface area contributed by atoms with Gasteiger partial charge in [0.15, 0.2) is 34.7 Å². The van der Waals surface area contributed by atoms with E-state index in [1.54, 1.807) is 14.1 Å². The van der Waals surface area contributed by atoms with Gasteiger partial charge in [-0.3, -0.25) is 28.9 Å². The number of aliphatic hydroxyl groups is 1. The highest BCUT2D eigenvalue weighted by atomic mass is 19.1. The number of anilines is 1. The van der Waals surface area contributed by atoms with Crippen molar-refractivity contribution in [3.8, 4) is 5.75 Å². The Balaban J connectivity index is 1.89. The molecule has 1 amide bonds. The predicted octanol–water partition coefficient (Wildman–Crippen LogP) is -0.928. The zero-order valence-electron chi connectivity index (χ0n) is 19.2. The highest BCUT2D eigenvalue weighted by Crippen LogP contribution is 2.51. The van der Waals surface area contributed by atoms with Gasteiger partial charge >= 0.3 is 0 Å². The van der Waals surface area contributed by atoms with Crippen molar-refractivity contribution in [1.29, 1.82) is 0 Å². The minimum absolute atomic E-state index is 0.0312. The molecule has 0 aromatic heterocycles. The highest BCUT2D eigenvalue weighted by Gasteiger charge is 2.69. The molecule has 0 saturated heterocycles. The molecule has 34 heavy (non-hydrogen) atoms. The second-order valence-corrected chi connectivity index (χ2v) is 9.76. The van der Waals surface area contributed by atoms with Gasteiger partial charge in [-0.05, 0) is 32.9 Å². The first-order chi connectivity index (χ1) is 15.7. The van der Waals surface area contributed by atoms with Gasteiger partial charge in [-0.15, -0.1) is 0 Å². The number of ketones is 4. The first-order valence-corrected chi connectivity index (χ1v) is 10.8. The van der Waals surface area contributed by atoms with Crippen molar-refractivity contribution in [2.24, 2.45) is 29.4 Å². The lowest BCUT2D eigenvalue weighted by atomic mass is 9.52. The number of phenols is 1. The van der Waals surface area contributed by atoms with Gasteiger partial charge in [0, 0.05) is 31.6 Å². The fourth-order valence-corrected chi connectivity index (χ4v) is 5.95. The van der Waals surface area contributed by atoms with Crippen LogP contribution in [0.3, 0.4) is 0 Å². The number of benzene rings is 1. The molecular weight excluding hydrogens is 449 g/mol. The Morgan fingerprint density at radius 2 is 1.76 bits per heavy atom. The number of phenolic OH excluding ortho intramolecular Hbond substituents is 1. The summed E-state index contributed by atoms with van der Waals surface area (Å²) in [5.74, 6) is -12.4. The normalized spacial score (nSPS) is 32.9. The summed E-state index contributed by atoms with van der Waals surface area (Å²) < 4.78 is 15.0. The average molecular weight is 475 g/mol. The number of likely N-dealkylation sites (N-methyl/N-ethyl adjacent to an activating group) is 1. The predicted molar refractivity (Wildman–Crippen MR) is 116 cm³/mol. The number of primary amides is 1. The Morgan fingerprint density at radius 1 is 1.15 bits per heavy atom. The molecule has 6 atom stereocenters. The minimum Gasteiger partial charge on any atom is -0.505 e. The van der Waals surface area contributed by atoms with Gasteiger partial charge in [-0.1, -0.05) is 0 Å². The fraction of sp³-hybridized carbons (Fsp3) is 0.522. The Labute approximate surface area is 194 Å². The van der Waals surface area contributed by atoms with Crippen LogP contribution in [0.2, 0.25) is 0 Å². The van der Waals surface area contributed by atoms with E-state index in [1.165, 1.54) is 23.9 Å². The summed E-state index contributed by atoms with van der Waals surface area (Å²) in [6.45, 7) is 0. The molecular formula is C23H26FN3O7. The molecule has 0 radical (unpaired) electrons. The number of carbonyl (C=O) groups excluding carboxylic acids is 5. The second-order valence-electron chi connectivity index (χ2n) is 9.76. The number of nitrogens with zero attached hydrogens (tertiary/aromatic N) is 2. The lowest BCUT2D eigenvalue weighted by molar-refractivity contribution is -0.181. The van der Waals surface area contributed by atoms with Crippen LogP contribution >= 0.6 is 0 Å². The maximum Gasteiger partial charge on any atom is 0.235 e. The molecule has 11 heteroatoms. The van der Waals surface area contributed by atoms with Crippen molar-refractivity contribution in [2.45, 2.75) is 24.5 Å². The van der Waals surface area contributed by atoms with Crippen molar-refractivity contribution >= 4 is 34.7 Å². The van der Waals surface area contributed by atoms with Crippen LogP contribution in [0.15, 0.2) is 6.07 Å². The lowest BCUT2D eigenvalue weighted by Gasteiger charge is -2.52. The van der Waals surface area contributed by atoms with Gasteiger partial charge in [-0.2, -0.15) is 0 Å². The smallest absolute Gasteiger partial charge is 0.235 e. The van der Waals surface area contributed by atoms with E-state index in [9.17, 15) is 38.6 Å². The van der Waals surface area contributed by atoms with E-state index >= 15 is 0 Å². The van der Waals surface area contributed by atoms with Crippen molar-refractivity contribution in [3.63, 3.8) is 0 Å². The molecule has 4 rings (SSSR count). The third-order valence-corrected chi connectivity index (χ3v) is 7.47. The van der Waals surface area contributed by atoms with Gasteiger partial charge in [0.1, 0.15) is 11.6 Å². The summed E-state index contributed by atoms with van der Waals surface area (Å²) in [4.78, 5) is 68.0. The van der Waals surface area contributed by atoms with Crippen molar-refractivity contribution in [3.05, 3.63) is 23.0 Å². The van der Waals surface area contributed by atoms with E-state index in [4.69, 9.17) is 5.73 Å². The van der Waals surface area contributed by atoms with Gasteiger partial charge < -0.3 is 20.8 Å². The Hall–Kier alpha value is -3.18. The van der Waals surface area contributed by atoms with E-state index in [-0.39, 0.29) is 29.7 Å². The third-order valence-electron chi connectivity index (χ3n) is 7.47. The lowest BCUT2D eigenvalue weighted by Crippen LogP contribution is -2.74. The van der Waals surface area contributed by atoms with Crippen molar-refractivity contribution in [1.82, 2.24) is 4.90 Å². The quantitative estimate of drug-likeness (QED) is 0.470. The number of nitrogens with two attached hydrogens (primary N) is 1. The van der Waals surface area contributed by atoms with E-state index in [2.05, 4.69) is 0 Å². The molecule has 3 aliphatic carbocycles. The van der Waals surface area contributed by atoms with Gasteiger partial charge in [-0.25, -0.2) is 4.39 Å². The highest BCUT2D eigenvalue weighted by molar-refractivity contribution is 6.32. The largest absolute Gasteiger partial charge is 0.505 e. The second kappa shape index (κ2) is 7.67. The summed E-state index contributed by atoms with van der Waals surface area (Å²) in [5.41, 5.74) is 2.08. The Morgan fingerprint density at radius 3 is 2.29 bits per heavy atom. The van der Waals surface area contributed by atoms with Crippen LogP contribution in [0.4, 0.5) is 10.1 Å². The van der Waals surface area contributed by atoms with Crippen LogP contribution in [-0.2, 0) is 25.6 Å². The molecule has 0 spiro atoms.